The Morgan fingerprint density at radius 1 is 1.41 bits per heavy atom. The highest BCUT2D eigenvalue weighted by atomic mass is 32.2. The second-order valence-electron chi connectivity index (χ2n) is 4.93. The first-order valence-electron chi connectivity index (χ1n) is 7.53. The molecular weight excluding hydrogens is 294 g/mol. The second-order valence-corrected chi connectivity index (χ2v) is 5.78. The molecule has 0 aromatic heterocycles. The fourth-order valence-corrected chi connectivity index (χ4v) is 2.81. The number of rotatable bonds is 7. The summed E-state index contributed by atoms with van der Waals surface area (Å²) in [5.41, 5.74) is 3.14. The quantitative estimate of drug-likeness (QED) is 0.271. The minimum atomic E-state index is 0.460. The van der Waals surface area contributed by atoms with Crippen LogP contribution in [0.15, 0.2) is 39.7 Å². The summed E-state index contributed by atoms with van der Waals surface area (Å²) in [5, 5.41) is 1.63. The lowest BCUT2D eigenvalue weighted by Crippen LogP contribution is -2.26. The number of ether oxygens (including phenoxy) is 1. The summed E-state index contributed by atoms with van der Waals surface area (Å²) in [4.78, 5) is 5.63. The molecule has 0 fully saturated rings. The van der Waals surface area contributed by atoms with Gasteiger partial charge in [-0.25, -0.2) is 5.84 Å². The summed E-state index contributed by atoms with van der Waals surface area (Å²) in [7, 11) is 1.84. The summed E-state index contributed by atoms with van der Waals surface area (Å²) < 4.78 is 6.00. The van der Waals surface area contributed by atoms with Crippen LogP contribution in [0.25, 0.3) is 0 Å². The van der Waals surface area contributed by atoms with Crippen LogP contribution in [0.4, 0.5) is 5.69 Å². The van der Waals surface area contributed by atoms with Crippen molar-refractivity contribution in [3.63, 3.8) is 0 Å². The maximum Gasteiger partial charge on any atom is 0.211 e. The third kappa shape index (κ3) is 5.07. The number of anilines is 1. The van der Waals surface area contributed by atoms with Crippen LogP contribution in [-0.2, 0) is 11.3 Å². The molecule has 0 spiro atoms. The second kappa shape index (κ2) is 9.54. The monoisotopic (exact) mass is 321 g/mol. The summed E-state index contributed by atoms with van der Waals surface area (Å²) in [6.07, 6.45) is 5.16. The van der Waals surface area contributed by atoms with Crippen LogP contribution in [0.1, 0.15) is 32.8 Å². The number of hydrazine groups is 1. The van der Waals surface area contributed by atoms with Gasteiger partial charge < -0.3 is 9.75 Å². The molecule has 2 N–H and O–H groups in total. The Morgan fingerprint density at radius 2 is 2.14 bits per heavy atom. The van der Waals surface area contributed by atoms with Gasteiger partial charge in [-0.2, -0.15) is 0 Å². The first kappa shape index (κ1) is 18.6. The molecule has 0 saturated carbocycles. The average molecular weight is 321 g/mol. The number of nitrogens with two attached hydrogens (primary N) is 1. The van der Waals surface area contributed by atoms with Crippen molar-refractivity contribution in [2.24, 2.45) is 10.8 Å². The molecule has 0 atom stereocenters. The predicted molar refractivity (Wildman–Crippen MR) is 97.6 cm³/mol. The molecule has 0 heterocycles. The number of allylic oxidation sites excluding steroid dienone is 1. The molecule has 5 heteroatoms. The number of benzene rings is 1. The van der Waals surface area contributed by atoms with E-state index in [1.165, 1.54) is 4.90 Å². The van der Waals surface area contributed by atoms with E-state index in [-0.39, 0.29) is 0 Å². The Bertz CT molecular complexity index is 539. The highest BCUT2D eigenvalue weighted by molar-refractivity contribution is 7.98. The van der Waals surface area contributed by atoms with Crippen LogP contribution in [0.3, 0.4) is 0 Å². The van der Waals surface area contributed by atoms with Gasteiger partial charge in [-0.15, -0.1) is 11.8 Å². The van der Waals surface area contributed by atoms with Crippen molar-refractivity contribution in [3.05, 3.63) is 35.4 Å². The zero-order valence-electron chi connectivity index (χ0n) is 14.2. The first-order valence-corrected chi connectivity index (χ1v) is 8.76. The van der Waals surface area contributed by atoms with E-state index in [9.17, 15) is 0 Å². The van der Waals surface area contributed by atoms with E-state index in [4.69, 9.17) is 10.6 Å². The van der Waals surface area contributed by atoms with Crippen molar-refractivity contribution >= 4 is 23.3 Å². The lowest BCUT2D eigenvalue weighted by molar-refractivity contribution is 0.289. The number of nitrogens with zero attached hydrogens (tertiary/aromatic N) is 2. The lowest BCUT2D eigenvalue weighted by atomic mass is 10.2. The van der Waals surface area contributed by atoms with Gasteiger partial charge in [-0.1, -0.05) is 19.1 Å². The molecule has 22 heavy (non-hydrogen) atoms. The minimum Gasteiger partial charge on any atom is -0.473 e. The third-order valence-corrected chi connectivity index (χ3v) is 4.03. The van der Waals surface area contributed by atoms with Gasteiger partial charge in [-0.3, -0.25) is 4.99 Å². The summed E-state index contributed by atoms with van der Waals surface area (Å²) in [6, 6.07) is 6.10. The summed E-state index contributed by atoms with van der Waals surface area (Å²) in [6.45, 7) is 7.32. The van der Waals surface area contributed by atoms with Crippen LogP contribution in [0.2, 0.25) is 0 Å². The average Bonchev–Trinajstić information content (AvgIpc) is 2.51. The molecule has 0 aliphatic rings. The van der Waals surface area contributed by atoms with Crippen LogP contribution in [-0.4, -0.2) is 25.7 Å². The van der Waals surface area contributed by atoms with E-state index in [1.807, 2.05) is 33.0 Å². The van der Waals surface area contributed by atoms with E-state index in [1.54, 1.807) is 16.8 Å². The van der Waals surface area contributed by atoms with Crippen molar-refractivity contribution in [1.29, 1.82) is 0 Å². The maximum absolute atomic E-state index is 6.00. The largest absolute Gasteiger partial charge is 0.473 e. The normalized spacial score (nSPS) is 12.5. The van der Waals surface area contributed by atoms with Crippen LogP contribution in [0.5, 0.6) is 0 Å². The summed E-state index contributed by atoms with van der Waals surface area (Å²) in [5.74, 6) is 6.65. The number of hydrogen-bond donors (Lipinski definition) is 1. The Morgan fingerprint density at radius 3 is 2.68 bits per heavy atom. The molecule has 0 saturated heterocycles. The smallest absolute Gasteiger partial charge is 0.211 e. The molecular formula is C17H27N3OS. The fourth-order valence-electron chi connectivity index (χ4n) is 2.18. The molecule has 1 aromatic rings. The van der Waals surface area contributed by atoms with Crippen LogP contribution in [0, 0.1) is 0 Å². The molecule has 4 nitrogen and oxygen atoms in total. The Balaban J connectivity index is 3.03. The zero-order valence-corrected chi connectivity index (χ0v) is 15.0. The van der Waals surface area contributed by atoms with E-state index in [0.717, 1.165) is 23.2 Å². The number of thioether (sulfide) groups is 1. The highest BCUT2D eigenvalue weighted by Gasteiger charge is 2.12. The fraction of sp³-hybridized carbons (Fsp3) is 0.471. The van der Waals surface area contributed by atoms with Gasteiger partial charge in [0.25, 0.3) is 0 Å². The van der Waals surface area contributed by atoms with E-state index < -0.39 is 0 Å². The van der Waals surface area contributed by atoms with Crippen molar-refractivity contribution in [3.8, 4) is 0 Å². The lowest BCUT2D eigenvalue weighted by Gasteiger charge is -2.20. The van der Waals surface area contributed by atoms with E-state index in [2.05, 4.69) is 30.3 Å². The molecule has 0 unspecified atom stereocenters. The van der Waals surface area contributed by atoms with Gasteiger partial charge >= 0.3 is 0 Å². The Kier molecular flexibility index (Phi) is 8.06. The third-order valence-electron chi connectivity index (χ3n) is 3.21. The molecule has 1 aromatic carbocycles. The Labute approximate surface area is 138 Å². The van der Waals surface area contributed by atoms with Gasteiger partial charge in [0.1, 0.15) is 6.61 Å². The van der Waals surface area contributed by atoms with Gasteiger partial charge in [0, 0.05) is 29.6 Å². The molecule has 0 radical (unpaired) electrons. The van der Waals surface area contributed by atoms with Gasteiger partial charge in [-0.05, 0) is 38.7 Å². The number of hydrogen-bond acceptors (Lipinski definition) is 5. The predicted octanol–water partition coefficient (Wildman–Crippen LogP) is 4.01. The summed E-state index contributed by atoms with van der Waals surface area (Å²) >= 11 is 1.69. The Hall–Kier alpha value is -1.46. The van der Waals surface area contributed by atoms with Gasteiger partial charge in [0.15, 0.2) is 0 Å². The zero-order chi connectivity index (χ0) is 16.5. The highest BCUT2D eigenvalue weighted by Crippen LogP contribution is 2.29. The van der Waals surface area contributed by atoms with Crippen molar-refractivity contribution < 1.29 is 4.74 Å². The van der Waals surface area contributed by atoms with Crippen molar-refractivity contribution in [2.45, 2.75) is 38.7 Å². The minimum absolute atomic E-state index is 0.460. The van der Waals surface area contributed by atoms with E-state index >= 15 is 0 Å². The molecule has 0 aliphatic heterocycles. The molecule has 0 bridgehead atoms. The molecule has 122 valence electrons. The first-order chi connectivity index (χ1) is 10.5. The molecule has 1 rings (SSSR count). The van der Waals surface area contributed by atoms with Crippen LogP contribution >= 0.6 is 11.8 Å². The van der Waals surface area contributed by atoms with Crippen molar-refractivity contribution in [2.75, 3.05) is 24.9 Å². The van der Waals surface area contributed by atoms with E-state index in [0.29, 0.717) is 19.0 Å². The van der Waals surface area contributed by atoms with Gasteiger partial charge in [0.2, 0.25) is 5.90 Å². The molecule has 0 aliphatic carbocycles. The topological polar surface area (TPSA) is 50.8 Å². The van der Waals surface area contributed by atoms with Gasteiger partial charge in [0.05, 0.1) is 5.69 Å². The maximum atomic E-state index is 6.00. The standard InChI is InChI=1S/C17H27N3OS/c1-6-9-13(3)17(19-7-2)21-12-14-15(20(4)18)10-8-11-16(14)22-5/h8-11H,6-7,12,18H2,1-5H3/b13-9-,19-17?. The molecule has 0 amide bonds. The van der Waals surface area contributed by atoms with Crippen molar-refractivity contribution in [1.82, 2.24) is 0 Å². The SMILES string of the molecule is CC/C=C(/C)C(=NCC)OCc1c(SC)cccc1N(C)N. The van der Waals surface area contributed by atoms with Crippen LogP contribution < -0.4 is 10.9 Å². The number of aliphatic imine (C=N–C) groups is 1.